The largest absolute Gasteiger partial charge is 0.394 e. The lowest BCUT2D eigenvalue weighted by molar-refractivity contribution is -0.340. The minimum absolute atomic E-state index is 0.0584. The van der Waals surface area contributed by atoms with Gasteiger partial charge in [-0.05, 0) is 38.5 Å². The van der Waals surface area contributed by atoms with Crippen molar-refractivity contribution in [2.75, 3.05) is 52.9 Å². The van der Waals surface area contributed by atoms with Gasteiger partial charge >= 0.3 is 0 Å². The highest BCUT2D eigenvalue weighted by molar-refractivity contribution is 4.88. The van der Waals surface area contributed by atoms with Crippen molar-refractivity contribution in [1.82, 2.24) is 0 Å². The summed E-state index contributed by atoms with van der Waals surface area (Å²) in [6.07, 6.45) is -1.50. The second-order valence-electron chi connectivity index (χ2n) is 14.8. The molecule has 0 aromatic rings. The molecule has 17 heteroatoms. The average molecular weight is 751 g/mol. The molecule has 7 aliphatic rings. The predicted octanol–water partition coefficient (Wildman–Crippen LogP) is 0.200. The number of aliphatic hydroxyl groups is 4. The molecule has 0 bridgehead atoms. The molecule has 4 N–H and O–H groups in total. The summed E-state index contributed by atoms with van der Waals surface area (Å²) in [5, 5.41) is 40.3. The fourth-order valence-electron chi connectivity index (χ4n) is 7.78. The van der Waals surface area contributed by atoms with Gasteiger partial charge in [0.15, 0.2) is 37.7 Å². The molecule has 7 fully saturated rings. The van der Waals surface area contributed by atoms with Crippen LogP contribution in [-0.4, -0.2) is 172 Å². The van der Waals surface area contributed by atoms with Gasteiger partial charge in [-0.1, -0.05) is 0 Å². The molecule has 0 saturated carbocycles. The highest BCUT2D eigenvalue weighted by atomic mass is 16.8. The van der Waals surface area contributed by atoms with E-state index in [0.717, 1.165) is 12.8 Å². The molecule has 0 radical (unpaired) electrons. The minimum Gasteiger partial charge on any atom is -0.394 e. The van der Waals surface area contributed by atoms with Crippen LogP contribution >= 0.6 is 0 Å². The van der Waals surface area contributed by atoms with Crippen LogP contribution in [0.25, 0.3) is 0 Å². The molecule has 17 nitrogen and oxygen atoms in total. The van der Waals surface area contributed by atoms with E-state index in [0.29, 0.717) is 71.0 Å². The summed E-state index contributed by atoms with van der Waals surface area (Å²) in [5.74, 6) is 0. The quantitative estimate of drug-likeness (QED) is 0.187. The first-order chi connectivity index (χ1) is 25.4. The van der Waals surface area contributed by atoms with Gasteiger partial charge in [0.25, 0.3) is 0 Å². The van der Waals surface area contributed by atoms with Crippen molar-refractivity contribution in [2.45, 2.75) is 169 Å². The maximum absolute atomic E-state index is 11.4. The Morgan fingerprint density at radius 3 is 1.79 bits per heavy atom. The number of aliphatic hydroxyl groups excluding tert-OH is 4. The number of hydrogen-bond acceptors (Lipinski definition) is 17. The highest BCUT2D eigenvalue weighted by Gasteiger charge is 2.47. The zero-order valence-corrected chi connectivity index (χ0v) is 29.8. The Morgan fingerprint density at radius 1 is 0.500 bits per heavy atom. The van der Waals surface area contributed by atoms with Crippen molar-refractivity contribution in [3.8, 4) is 0 Å². The van der Waals surface area contributed by atoms with Crippen LogP contribution in [0.1, 0.15) is 70.6 Å². The van der Waals surface area contributed by atoms with Crippen LogP contribution in [0.15, 0.2) is 0 Å². The van der Waals surface area contributed by atoms with Crippen molar-refractivity contribution >= 4 is 0 Å². The van der Waals surface area contributed by atoms with Gasteiger partial charge in [0.1, 0.15) is 24.4 Å². The van der Waals surface area contributed by atoms with Gasteiger partial charge in [-0.25, -0.2) is 0 Å². The Morgan fingerprint density at radius 2 is 1.13 bits per heavy atom. The summed E-state index contributed by atoms with van der Waals surface area (Å²) >= 11 is 0. The lowest BCUT2D eigenvalue weighted by Gasteiger charge is -2.43. The number of rotatable bonds is 14. The summed E-state index contributed by atoms with van der Waals surface area (Å²) in [5.41, 5.74) is 0. The van der Waals surface area contributed by atoms with Crippen molar-refractivity contribution in [3.05, 3.63) is 0 Å². The van der Waals surface area contributed by atoms with Crippen LogP contribution in [0.3, 0.4) is 0 Å². The Balaban J connectivity index is 0.899. The molecule has 7 rings (SSSR count). The second kappa shape index (κ2) is 19.5. The summed E-state index contributed by atoms with van der Waals surface area (Å²) in [7, 11) is 0. The van der Waals surface area contributed by atoms with Crippen molar-refractivity contribution < 1.29 is 82.0 Å². The first-order valence-corrected chi connectivity index (χ1v) is 19.3. The van der Waals surface area contributed by atoms with Crippen LogP contribution in [0.4, 0.5) is 0 Å². The third kappa shape index (κ3) is 10.8. The van der Waals surface area contributed by atoms with Gasteiger partial charge in [0.2, 0.25) is 0 Å². The van der Waals surface area contributed by atoms with Gasteiger partial charge in [-0.2, -0.15) is 0 Å². The van der Waals surface area contributed by atoms with Gasteiger partial charge in [-0.3, -0.25) is 0 Å². The van der Waals surface area contributed by atoms with Crippen LogP contribution in [0.2, 0.25) is 0 Å². The Labute approximate surface area is 304 Å². The van der Waals surface area contributed by atoms with E-state index in [1.807, 2.05) is 0 Å². The third-order valence-corrected chi connectivity index (χ3v) is 10.7. The van der Waals surface area contributed by atoms with Gasteiger partial charge in [0.05, 0.1) is 82.9 Å². The maximum Gasteiger partial charge on any atom is 0.186 e. The van der Waals surface area contributed by atoms with E-state index in [9.17, 15) is 20.4 Å². The van der Waals surface area contributed by atoms with E-state index in [1.54, 1.807) is 0 Å². The van der Waals surface area contributed by atoms with E-state index < -0.39 is 74.4 Å². The molecule has 7 heterocycles. The second-order valence-corrected chi connectivity index (χ2v) is 14.8. The average Bonchev–Trinajstić information content (AvgIpc) is 3.83. The summed E-state index contributed by atoms with van der Waals surface area (Å²) in [6, 6.07) is 0. The molecule has 300 valence electrons. The van der Waals surface area contributed by atoms with E-state index in [1.165, 1.54) is 0 Å². The van der Waals surface area contributed by atoms with E-state index in [4.69, 9.17) is 61.6 Å². The SMILES string of the molecule is OCC1CCC(OC2CC(OC3CCC(OC4COC(OC5CCCOC5)C(O)C4OC4CCC(CO)O4)OC3)OCC2OC2CCC(O)CO2)O1. The topological polar surface area (TPSA) is 201 Å². The molecule has 16 unspecified atom stereocenters. The Hall–Kier alpha value is -0.680. The molecule has 0 aliphatic carbocycles. The maximum atomic E-state index is 11.4. The molecule has 0 spiro atoms. The summed E-state index contributed by atoms with van der Waals surface area (Å²) in [4.78, 5) is 0. The van der Waals surface area contributed by atoms with Crippen molar-refractivity contribution in [2.24, 2.45) is 0 Å². The van der Waals surface area contributed by atoms with Crippen LogP contribution in [-0.2, 0) is 61.6 Å². The van der Waals surface area contributed by atoms with Crippen LogP contribution in [0.5, 0.6) is 0 Å². The van der Waals surface area contributed by atoms with Crippen LogP contribution in [0, 0.1) is 0 Å². The third-order valence-electron chi connectivity index (χ3n) is 10.7. The van der Waals surface area contributed by atoms with Gasteiger partial charge in [-0.15, -0.1) is 0 Å². The molecule has 0 aromatic carbocycles. The zero-order chi connectivity index (χ0) is 35.9. The Kier molecular flexibility index (Phi) is 14.8. The molecule has 0 aromatic heterocycles. The predicted molar refractivity (Wildman–Crippen MR) is 173 cm³/mol. The molecule has 0 amide bonds. The standard InChI is InChI=1S/C35H58O17/c36-13-21-4-9-30(45-21)49-25-12-32(43-18-26(25)50-28-7-3-20(38)15-41-28)47-24-6-8-29(42-17-24)51-27-19-44-35(48-23-2-1-11-40-16-23)33(39)34(27)52-31-10-5-22(14-37)46-31/h20-39H,1-19H2. The van der Waals surface area contributed by atoms with Crippen molar-refractivity contribution in [3.63, 3.8) is 0 Å². The molecule has 7 saturated heterocycles. The molecular formula is C35H58O17. The van der Waals surface area contributed by atoms with E-state index in [2.05, 4.69) is 0 Å². The first kappa shape index (κ1) is 39.6. The summed E-state index contributed by atoms with van der Waals surface area (Å²) in [6.45, 7) is 1.80. The monoisotopic (exact) mass is 750 g/mol. The molecule has 16 atom stereocenters. The minimum atomic E-state index is -1.15. The van der Waals surface area contributed by atoms with E-state index in [-0.39, 0.29) is 64.1 Å². The lowest BCUT2D eigenvalue weighted by Crippen LogP contribution is -2.58. The highest BCUT2D eigenvalue weighted by Crippen LogP contribution is 2.33. The number of hydrogen-bond donors (Lipinski definition) is 4. The van der Waals surface area contributed by atoms with Gasteiger partial charge < -0.3 is 82.0 Å². The molecule has 52 heavy (non-hydrogen) atoms. The lowest BCUT2D eigenvalue weighted by atomic mass is 10.0. The fraction of sp³-hybridized carbons (Fsp3) is 1.00. The normalized spacial score (nSPS) is 46.4. The summed E-state index contributed by atoms with van der Waals surface area (Å²) < 4.78 is 78.7. The van der Waals surface area contributed by atoms with E-state index >= 15 is 0 Å². The van der Waals surface area contributed by atoms with Gasteiger partial charge in [0, 0.05) is 38.7 Å². The number of ether oxygens (including phenoxy) is 13. The van der Waals surface area contributed by atoms with Crippen molar-refractivity contribution in [1.29, 1.82) is 0 Å². The fourth-order valence-corrected chi connectivity index (χ4v) is 7.78. The first-order valence-electron chi connectivity index (χ1n) is 19.3. The molecular weight excluding hydrogens is 692 g/mol. The zero-order valence-electron chi connectivity index (χ0n) is 29.8. The Bertz CT molecular complexity index is 1040. The smallest absolute Gasteiger partial charge is 0.186 e. The van der Waals surface area contributed by atoms with Crippen LogP contribution < -0.4 is 0 Å². The molecule has 7 aliphatic heterocycles.